The van der Waals surface area contributed by atoms with Crippen molar-refractivity contribution in [1.82, 2.24) is 35.3 Å². The highest BCUT2D eigenvalue weighted by molar-refractivity contribution is 5.98. The Morgan fingerprint density at radius 3 is 2.85 bits per heavy atom. The summed E-state index contributed by atoms with van der Waals surface area (Å²) in [5.41, 5.74) is 3.14. The average molecular weight is 550 g/mol. The maximum atomic E-state index is 13.6. The van der Waals surface area contributed by atoms with Crippen molar-refractivity contribution >= 4 is 11.8 Å². The number of hydrogen-bond acceptors (Lipinski definition) is 8. The highest BCUT2D eigenvalue weighted by Gasteiger charge is 2.39. The summed E-state index contributed by atoms with van der Waals surface area (Å²) >= 11 is 0. The lowest BCUT2D eigenvalue weighted by atomic mass is 9.99. The molecule has 40 heavy (non-hydrogen) atoms. The van der Waals surface area contributed by atoms with E-state index < -0.39 is 18.2 Å². The first-order valence-corrected chi connectivity index (χ1v) is 13.8. The van der Waals surface area contributed by atoms with Gasteiger partial charge in [0.05, 0.1) is 42.9 Å². The summed E-state index contributed by atoms with van der Waals surface area (Å²) in [4.78, 5) is 36.2. The van der Waals surface area contributed by atoms with Gasteiger partial charge in [0.15, 0.2) is 0 Å². The molecule has 0 spiro atoms. The van der Waals surface area contributed by atoms with Gasteiger partial charge < -0.3 is 30.2 Å². The molecule has 212 valence electrons. The molecule has 2 amide bonds. The molecule has 3 aromatic rings. The van der Waals surface area contributed by atoms with Gasteiger partial charge in [0.1, 0.15) is 11.9 Å². The number of amides is 2. The van der Waals surface area contributed by atoms with Crippen LogP contribution in [0.2, 0.25) is 0 Å². The van der Waals surface area contributed by atoms with Crippen LogP contribution in [0.15, 0.2) is 43.1 Å². The number of nitrogens with zero attached hydrogens (tertiary/aromatic N) is 4. The van der Waals surface area contributed by atoms with E-state index in [9.17, 15) is 14.7 Å². The van der Waals surface area contributed by atoms with E-state index in [4.69, 9.17) is 9.47 Å². The van der Waals surface area contributed by atoms with Crippen molar-refractivity contribution in [3.63, 3.8) is 0 Å². The fourth-order valence-electron chi connectivity index (χ4n) is 5.85. The zero-order chi connectivity index (χ0) is 27.6. The molecule has 0 saturated carbocycles. The Labute approximate surface area is 232 Å². The number of aliphatic hydroxyl groups is 1. The van der Waals surface area contributed by atoms with Gasteiger partial charge in [0, 0.05) is 62.8 Å². The largest absolute Gasteiger partial charge is 0.493 e. The van der Waals surface area contributed by atoms with Crippen LogP contribution < -0.4 is 15.4 Å². The van der Waals surface area contributed by atoms with Gasteiger partial charge in [-0.3, -0.25) is 19.2 Å². The second kappa shape index (κ2) is 11.4. The number of fused-ring (bicyclic) bond motifs is 5. The van der Waals surface area contributed by atoms with Crippen molar-refractivity contribution in [3.05, 3.63) is 54.4 Å². The Morgan fingerprint density at radius 2 is 2.05 bits per heavy atom. The molecule has 4 bridgehead atoms. The minimum absolute atomic E-state index is 0.121. The number of rotatable bonds is 3. The van der Waals surface area contributed by atoms with Crippen molar-refractivity contribution in [2.24, 2.45) is 7.05 Å². The number of aryl methyl sites for hydroxylation is 1. The Bertz CT molecular complexity index is 1340. The molecule has 2 saturated heterocycles. The molecule has 3 aliphatic heterocycles. The van der Waals surface area contributed by atoms with Crippen LogP contribution in [-0.4, -0.2) is 91.7 Å². The number of likely N-dealkylation sites (tertiary alicyclic amines) is 1. The van der Waals surface area contributed by atoms with Crippen LogP contribution in [0.4, 0.5) is 0 Å². The van der Waals surface area contributed by atoms with Crippen LogP contribution in [0, 0.1) is 0 Å². The SMILES string of the molecule is Cn1cc(-c2ccc3c(c2)OCC[C@@H]2CC[C@H](O)[C@@H](CNC(=O)[C@@H]4C[C@@H](CN4Cc4cnc[nH]4)NC3=O)O2)cn1. The molecular weight excluding hydrogens is 514 g/mol. The van der Waals surface area contributed by atoms with Gasteiger partial charge in [-0.15, -0.1) is 0 Å². The van der Waals surface area contributed by atoms with Crippen molar-refractivity contribution in [1.29, 1.82) is 0 Å². The summed E-state index contributed by atoms with van der Waals surface area (Å²) < 4.78 is 14.1. The van der Waals surface area contributed by atoms with Crippen molar-refractivity contribution in [2.75, 3.05) is 19.7 Å². The lowest BCUT2D eigenvalue weighted by Crippen LogP contribution is -2.50. The minimum atomic E-state index is -0.643. The maximum Gasteiger partial charge on any atom is 0.255 e. The molecule has 6 rings (SSSR count). The lowest BCUT2D eigenvalue weighted by Gasteiger charge is -2.34. The first-order valence-electron chi connectivity index (χ1n) is 13.8. The molecule has 12 nitrogen and oxygen atoms in total. The number of benzene rings is 1. The molecule has 12 heteroatoms. The monoisotopic (exact) mass is 549 g/mol. The molecule has 0 aliphatic carbocycles. The van der Waals surface area contributed by atoms with E-state index in [0.717, 1.165) is 16.8 Å². The van der Waals surface area contributed by atoms with Crippen LogP contribution in [0.1, 0.15) is 41.7 Å². The maximum absolute atomic E-state index is 13.6. The van der Waals surface area contributed by atoms with Crippen LogP contribution in [0.3, 0.4) is 0 Å². The van der Waals surface area contributed by atoms with Crippen molar-refractivity contribution in [2.45, 2.75) is 62.6 Å². The highest BCUT2D eigenvalue weighted by Crippen LogP contribution is 2.30. The Kier molecular flexibility index (Phi) is 7.55. The number of aromatic amines is 1. The van der Waals surface area contributed by atoms with Crippen LogP contribution in [0.25, 0.3) is 11.1 Å². The summed E-state index contributed by atoms with van der Waals surface area (Å²) in [6.45, 7) is 1.56. The molecule has 5 atom stereocenters. The topological polar surface area (TPSA) is 147 Å². The summed E-state index contributed by atoms with van der Waals surface area (Å²) in [6.07, 6.45) is 8.11. The van der Waals surface area contributed by atoms with Gasteiger partial charge in [0.2, 0.25) is 5.91 Å². The standard InChI is InChI=1S/C28H35N7O5/c1-34-13-18(10-32-34)17-2-4-22-25(8-17)39-7-6-21-3-5-24(36)26(40-21)12-30-28(38)23-9-19(33-27(22)37)14-35(23)15-20-11-29-16-31-20/h2,4,8,10-11,13,16,19,21,23-24,26,36H,3,5-7,9,12,14-15H2,1H3,(H,29,31)(H,30,38)(H,33,37)/t19-,21-,23-,24-,26+/m0/s1. The number of ether oxygens (including phenoxy) is 2. The Morgan fingerprint density at radius 1 is 1.15 bits per heavy atom. The predicted molar refractivity (Wildman–Crippen MR) is 144 cm³/mol. The van der Waals surface area contributed by atoms with E-state index in [1.165, 1.54) is 0 Å². The van der Waals surface area contributed by atoms with E-state index in [-0.39, 0.29) is 30.5 Å². The molecule has 5 heterocycles. The second-order valence-electron chi connectivity index (χ2n) is 10.9. The normalized spacial score (nSPS) is 27.9. The van der Waals surface area contributed by atoms with Crippen molar-refractivity contribution < 1.29 is 24.2 Å². The molecule has 4 N–H and O–H groups in total. The summed E-state index contributed by atoms with van der Waals surface area (Å²) in [5, 5.41) is 21.0. The number of nitrogens with one attached hydrogen (secondary N) is 3. The average Bonchev–Trinajstić information content (AvgIpc) is 3.70. The second-order valence-corrected chi connectivity index (χ2v) is 10.9. The van der Waals surface area contributed by atoms with E-state index in [0.29, 0.717) is 56.7 Å². The lowest BCUT2D eigenvalue weighted by molar-refractivity contribution is -0.133. The third-order valence-corrected chi connectivity index (χ3v) is 7.99. The van der Waals surface area contributed by atoms with E-state index in [1.807, 2.05) is 30.3 Å². The first kappa shape index (κ1) is 26.5. The van der Waals surface area contributed by atoms with E-state index in [1.54, 1.807) is 29.5 Å². The Hall–Kier alpha value is -3.74. The van der Waals surface area contributed by atoms with Gasteiger partial charge >= 0.3 is 0 Å². The smallest absolute Gasteiger partial charge is 0.255 e. The highest BCUT2D eigenvalue weighted by atomic mass is 16.5. The number of hydrogen-bond donors (Lipinski definition) is 4. The third-order valence-electron chi connectivity index (χ3n) is 7.99. The first-order chi connectivity index (χ1) is 19.4. The fourth-order valence-corrected chi connectivity index (χ4v) is 5.85. The van der Waals surface area contributed by atoms with E-state index in [2.05, 4.69) is 25.7 Å². The van der Waals surface area contributed by atoms with Crippen LogP contribution >= 0.6 is 0 Å². The summed E-state index contributed by atoms with van der Waals surface area (Å²) in [7, 11) is 1.86. The van der Waals surface area contributed by atoms with Crippen LogP contribution in [-0.2, 0) is 23.1 Å². The van der Waals surface area contributed by atoms with Gasteiger partial charge in [0.25, 0.3) is 5.91 Å². The number of imidazole rings is 1. The summed E-state index contributed by atoms with van der Waals surface area (Å²) in [6, 6.07) is 4.84. The number of carbonyl (C=O) groups is 2. The Balaban J connectivity index is 1.29. The zero-order valence-corrected chi connectivity index (χ0v) is 22.5. The third kappa shape index (κ3) is 5.74. The molecule has 2 aromatic heterocycles. The number of aliphatic hydroxyl groups excluding tert-OH is 1. The predicted octanol–water partition coefficient (Wildman–Crippen LogP) is 0.990. The minimum Gasteiger partial charge on any atom is -0.493 e. The fraction of sp³-hybridized carbons (Fsp3) is 0.500. The molecule has 0 unspecified atom stereocenters. The molecule has 0 radical (unpaired) electrons. The van der Waals surface area contributed by atoms with Gasteiger partial charge in [-0.25, -0.2) is 4.98 Å². The number of H-pyrrole nitrogens is 1. The van der Waals surface area contributed by atoms with Gasteiger partial charge in [-0.1, -0.05) is 6.07 Å². The van der Waals surface area contributed by atoms with Crippen LogP contribution in [0.5, 0.6) is 5.75 Å². The van der Waals surface area contributed by atoms with E-state index >= 15 is 0 Å². The van der Waals surface area contributed by atoms with Gasteiger partial charge in [-0.2, -0.15) is 5.10 Å². The van der Waals surface area contributed by atoms with Crippen molar-refractivity contribution in [3.8, 4) is 16.9 Å². The molecule has 1 aromatic carbocycles. The zero-order valence-electron chi connectivity index (χ0n) is 22.5. The number of aromatic nitrogens is 4. The van der Waals surface area contributed by atoms with Gasteiger partial charge in [-0.05, 0) is 37.0 Å². The molecule has 2 fully saturated rings. The molecule has 3 aliphatic rings. The number of carbonyl (C=O) groups excluding carboxylic acids is 2. The molecular formula is C28H35N7O5. The summed E-state index contributed by atoms with van der Waals surface area (Å²) in [5.74, 6) is 0.0931. The quantitative estimate of drug-likeness (QED) is 0.378.